The van der Waals surface area contributed by atoms with Crippen molar-refractivity contribution in [1.29, 1.82) is 0 Å². The van der Waals surface area contributed by atoms with Gasteiger partial charge >= 0.3 is 0 Å². The topological polar surface area (TPSA) is 51.8 Å². The highest BCUT2D eigenvalue weighted by molar-refractivity contribution is 6.02. The molecule has 0 amide bonds. The van der Waals surface area contributed by atoms with Gasteiger partial charge in [-0.25, -0.2) is 15.0 Å². The maximum Gasteiger partial charge on any atom is 0.164 e. The van der Waals surface area contributed by atoms with E-state index in [-0.39, 0.29) is 0 Å². The Morgan fingerprint density at radius 2 is 0.810 bits per heavy atom. The molecule has 0 aliphatic heterocycles. The first-order valence-electron chi connectivity index (χ1n) is 19.7. The number of aromatic nitrogens is 3. The van der Waals surface area contributed by atoms with E-state index < -0.39 is 5.41 Å². The monoisotopic (exact) mass is 739 g/mol. The van der Waals surface area contributed by atoms with Crippen LogP contribution in [0, 0.1) is 0 Å². The summed E-state index contributed by atoms with van der Waals surface area (Å²) in [5.74, 6) is 2.87. The van der Waals surface area contributed by atoms with Crippen LogP contribution in [0.1, 0.15) is 22.3 Å². The lowest BCUT2D eigenvalue weighted by atomic mass is 9.70. The fourth-order valence-corrected chi connectivity index (χ4v) is 9.40. The van der Waals surface area contributed by atoms with Gasteiger partial charge in [-0.2, -0.15) is 0 Å². The standard InChI is InChI=1S/C54H33N3O/c1-3-14-34(15-4-1)38-18-13-19-40(32-38)53-56-51(36-16-5-2-6-17-36)55-52(57-53)37-28-26-35(27-29-37)39-30-31-42-41-20-7-10-23-45(41)54(47(42)33-39)46-24-11-8-21-43(46)50-49(54)44-22-9-12-25-48(44)58-50/h1-33H. The van der Waals surface area contributed by atoms with Crippen LogP contribution in [-0.2, 0) is 5.41 Å². The summed E-state index contributed by atoms with van der Waals surface area (Å²) in [5, 5.41) is 1.16. The van der Waals surface area contributed by atoms with E-state index in [1.165, 1.54) is 33.4 Å². The smallest absolute Gasteiger partial charge is 0.164 e. The molecule has 0 fully saturated rings. The second kappa shape index (κ2) is 12.7. The number of rotatable bonds is 5. The van der Waals surface area contributed by atoms with Crippen molar-refractivity contribution in [1.82, 2.24) is 15.0 Å². The summed E-state index contributed by atoms with van der Waals surface area (Å²) in [6.07, 6.45) is 0. The molecule has 12 rings (SSSR count). The molecule has 1 unspecified atom stereocenters. The molecule has 8 aromatic carbocycles. The quantitative estimate of drug-likeness (QED) is 0.176. The molecule has 2 heterocycles. The van der Waals surface area contributed by atoms with Gasteiger partial charge in [0.2, 0.25) is 0 Å². The van der Waals surface area contributed by atoms with Crippen LogP contribution in [-0.4, -0.2) is 15.0 Å². The highest BCUT2D eigenvalue weighted by Crippen LogP contribution is 2.65. The van der Waals surface area contributed by atoms with Crippen molar-refractivity contribution in [3.8, 4) is 78.9 Å². The van der Waals surface area contributed by atoms with Gasteiger partial charge in [0.1, 0.15) is 11.3 Å². The van der Waals surface area contributed by atoms with Crippen LogP contribution in [0.4, 0.5) is 0 Å². The number of hydrogen-bond acceptors (Lipinski definition) is 4. The maximum atomic E-state index is 6.71. The molecular weight excluding hydrogens is 707 g/mol. The lowest BCUT2D eigenvalue weighted by Gasteiger charge is -2.30. The number of nitrogens with zero attached hydrogens (tertiary/aromatic N) is 3. The van der Waals surface area contributed by atoms with E-state index in [2.05, 4.69) is 164 Å². The summed E-state index contributed by atoms with van der Waals surface area (Å²) < 4.78 is 6.71. The van der Waals surface area contributed by atoms with Crippen LogP contribution < -0.4 is 0 Å². The summed E-state index contributed by atoms with van der Waals surface area (Å²) in [6, 6.07) is 70.7. The van der Waals surface area contributed by atoms with Crippen molar-refractivity contribution < 1.29 is 4.42 Å². The van der Waals surface area contributed by atoms with Gasteiger partial charge in [-0.15, -0.1) is 0 Å². The zero-order valence-corrected chi connectivity index (χ0v) is 31.3. The fraction of sp³-hybridized carbons (Fsp3) is 0.0185. The van der Waals surface area contributed by atoms with Gasteiger partial charge in [-0.3, -0.25) is 0 Å². The molecule has 0 N–H and O–H groups in total. The first-order valence-corrected chi connectivity index (χ1v) is 19.7. The molecule has 1 atom stereocenters. The van der Waals surface area contributed by atoms with E-state index in [1.54, 1.807) is 0 Å². The normalized spacial score (nSPS) is 14.6. The minimum Gasteiger partial charge on any atom is -0.456 e. The van der Waals surface area contributed by atoms with Gasteiger partial charge in [0.05, 0.1) is 5.41 Å². The van der Waals surface area contributed by atoms with Crippen molar-refractivity contribution in [3.63, 3.8) is 0 Å². The van der Waals surface area contributed by atoms with Crippen LogP contribution in [0.2, 0.25) is 0 Å². The second-order valence-corrected chi connectivity index (χ2v) is 15.1. The minimum atomic E-state index is -0.507. The first kappa shape index (κ1) is 32.5. The molecule has 0 saturated carbocycles. The van der Waals surface area contributed by atoms with Gasteiger partial charge in [0, 0.05) is 33.2 Å². The van der Waals surface area contributed by atoms with Crippen molar-refractivity contribution in [2.75, 3.05) is 0 Å². The van der Waals surface area contributed by atoms with Crippen LogP contribution in [0.3, 0.4) is 0 Å². The number of benzene rings is 8. The van der Waals surface area contributed by atoms with Gasteiger partial charge in [0.15, 0.2) is 17.5 Å². The summed E-state index contributed by atoms with van der Waals surface area (Å²) in [7, 11) is 0. The molecule has 0 radical (unpaired) electrons. The molecule has 2 aliphatic rings. The summed E-state index contributed by atoms with van der Waals surface area (Å²) >= 11 is 0. The Balaban J connectivity index is 0.986. The zero-order valence-electron chi connectivity index (χ0n) is 31.3. The Morgan fingerprint density at radius 1 is 0.328 bits per heavy atom. The molecule has 270 valence electrons. The summed E-state index contributed by atoms with van der Waals surface area (Å²) in [6.45, 7) is 0. The van der Waals surface area contributed by atoms with Crippen LogP contribution in [0.15, 0.2) is 205 Å². The second-order valence-electron chi connectivity index (χ2n) is 15.1. The zero-order chi connectivity index (χ0) is 38.2. The highest BCUT2D eigenvalue weighted by atomic mass is 16.3. The minimum absolute atomic E-state index is 0.507. The average Bonchev–Trinajstić information content (AvgIpc) is 3.93. The molecule has 4 heteroatoms. The lowest BCUT2D eigenvalue weighted by Crippen LogP contribution is -2.25. The molecular formula is C54H33N3O. The van der Waals surface area contributed by atoms with E-state index in [9.17, 15) is 0 Å². The number of furan rings is 1. The van der Waals surface area contributed by atoms with E-state index in [0.29, 0.717) is 17.5 Å². The molecule has 0 saturated heterocycles. The van der Waals surface area contributed by atoms with Crippen molar-refractivity contribution in [2.45, 2.75) is 5.41 Å². The van der Waals surface area contributed by atoms with E-state index in [4.69, 9.17) is 19.4 Å². The number of hydrogen-bond donors (Lipinski definition) is 0. The number of fused-ring (bicyclic) bond motifs is 12. The van der Waals surface area contributed by atoms with Gasteiger partial charge in [-0.05, 0) is 68.3 Å². The Bertz CT molecular complexity index is 3220. The first-order chi connectivity index (χ1) is 28.7. The number of para-hydroxylation sites is 1. The van der Waals surface area contributed by atoms with Gasteiger partial charge in [0.25, 0.3) is 0 Å². The van der Waals surface area contributed by atoms with E-state index in [1.807, 2.05) is 36.4 Å². The van der Waals surface area contributed by atoms with Crippen molar-refractivity contribution in [3.05, 3.63) is 222 Å². The third-order valence-corrected chi connectivity index (χ3v) is 12.0. The lowest BCUT2D eigenvalue weighted by molar-refractivity contribution is 0.628. The molecule has 10 aromatic rings. The molecule has 4 nitrogen and oxygen atoms in total. The molecule has 2 aliphatic carbocycles. The highest BCUT2D eigenvalue weighted by Gasteiger charge is 2.54. The van der Waals surface area contributed by atoms with Gasteiger partial charge in [-0.1, -0.05) is 182 Å². The maximum absolute atomic E-state index is 6.71. The van der Waals surface area contributed by atoms with Crippen molar-refractivity contribution >= 4 is 11.0 Å². The SMILES string of the molecule is c1ccc(-c2cccc(-c3nc(-c4ccccc4)nc(-c4ccc(-c5ccc6c(c5)C5(c7ccccc7-6)c6ccccc6-c6oc7ccccc7c65)cc4)n3)c2)cc1. The predicted octanol–water partition coefficient (Wildman–Crippen LogP) is 13.3. The molecule has 1 spiro atoms. The van der Waals surface area contributed by atoms with E-state index >= 15 is 0 Å². The summed E-state index contributed by atoms with van der Waals surface area (Å²) in [4.78, 5) is 15.1. The van der Waals surface area contributed by atoms with Crippen LogP contribution in [0.5, 0.6) is 0 Å². The summed E-state index contributed by atoms with van der Waals surface area (Å²) in [5.41, 5.74) is 16.5. The Labute approximate surface area is 335 Å². The van der Waals surface area contributed by atoms with Crippen LogP contribution >= 0.6 is 0 Å². The van der Waals surface area contributed by atoms with Crippen molar-refractivity contribution in [2.24, 2.45) is 0 Å². The fourth-order valence-electron chi connectivity index (χ4n) is 9.40. The molecule has 2 aromatic heterocycles. The largest absolute Gasteiger partial charge is 0.456 e. The molecule has 0 bridgehead atoms. The van der Waals surface area contributed by atoms with E-state index in [0.717, 1.165) is 61.2 Å². The predicted molar refractivity (Wildman–Crippen MR) is 233 cm³/mol. The Morgan fingerprint density at radius 3 is 1.57 bits per heavy atom. The van der Waals surface area contributed by atoms with Gasteiger partial charge < -0.3 is 4.42 Å². The Kier molecular flexibility index (Phi) is 7.11. The third-order valence-electron chi connectivity index (χ3n) is 12.0. The van der Waals surface area contributed by atoms with Crippen LogP contribution in [0.25, 0.3) is 89.8 Å². The third kappa shape index (κ3) is 4.79. The average molecular weight is 740 g/mol. The molecule has 58 heavy (non-hydrogen) atoms. The Hall–Kier alpha value is -7.69.